The Morgan fingerprint density at radius 1 is 1.47 bits per heavy atom. The quantitative estimate of drug-likeness (QED) is 0.517. The minimum atomic E-state index is -0.574. The number of ether oxygens (including phenoxy) is 2. The molecule has 0 bridgehead atoms. The minimum absolute atomic E-state index is 0.307. The maximum Gasteiger partial charge on any atom is 0.384 e. The molecule has 1 heterocycles. The van der Waals surface area contributed by atoms with E-state index in [1.807, 2.05) is 0 Å². The van der Waals surface area contributed by atoms with Gasteiger partial charge in [0.05, 0.1) is 13.7 Å². The van der Waals surface area contributed by atoms with Crippen molar-refractivity contribution < 1.29 is 14.3 Å². The number of rotatable bonds is 2. The molecule has 0 saturated heterocycles. The van der Waals surface area contributed by atoms with Crippen molar-refractivity contribution in [1.29, 1.82) is 0 Å². The number of carbonyl (C=O) groups is 1. The second kappa shape index (κ2) is 5.60. The van der Waals surface area contributed by atoms with Gasteiger partial charge in [-0.2, -0.15) is 0 Å². The van der Waals surface area contributed by atoms with Gasteiger partial charge in [0.25, 0.3) is 0 Å². The Morgan fingerprint density at radius 3 is 2.80 bits per heavy atom. The lowest BCUT2D eigenvalue weighted by atomic mass is 10.4. The second-order valence-corrected chi connectivity index (χ2v) is 2.43. The van der Waals surface area contributed by atoms with Crippen molar-refractivity contribution in [3.05, 3.63) is 17.8 Å². The number of hydrogen-bond acceptors (Lipinski definition) is 5. The molecule has 5 nitrogen and oxygen atoms in total. The summed E-state index contributed by atoms with van der Waals surface area (Å²) >= 11 is 0. The van der Waals surface area contributed by atoms with Crippen LogP contribution in [0.3, 0.4) is 0 Å². The van der Waals surface area contributed by atoms with Crippen LogP contribution in [-0.4, -0.2) is 29.9 Å². The van der Waals surface area contributed by atoms with Gasteiger partial charge in [-0.05, 0) is 18.9 Å². The fourth-order valence-electron chi connectivity index (χ4n) is 0.778. The van der Waals surface area contributed by atoms with E-state index in [-0.39, 0.29) is 0 Å². The number of aromatic nitrogens is 2. The van der Waals surface area contributed by atoms with Crippen molar-refractivity contribution in [1.82, 2.24) is 10.2 Å². The summed E-state index contributed by atoms with van der Waals surface area (Å²) in [5, 5.41) is 7.42. The zero-order chi connectivity index (χ0) is 11.1. The van der Waals surface area contributed by atoms with Gasteiger partial charge in [0.2, 0.25) is 5.88 Å². The normalized spacial score (nSPS) is 8.67. The molecule has 0 N–H and O–H groups in total. The Hall–Kier alpha value is -2.09. The van der Waals surface area contributed by atoms with Gasteiger partial charge in [-0.15, -0.1) is 10.2 Å². The second-order valence-electron chi connectivity index (χ2n) is 2.43. The Labute approximate surface area is 87.4 Å². The van der Waals surface area contributed by atoms with E-state index >= 15 is 0 Å². The van der Waals surface area contributed by atoms with Crippen LogP contribution in [-0.2, 0) is 9.53 Å². The lowest BCUT2D eigenvalue weighted by Gasteiger charge is -1.94. The Balaban J connectivity index is 2.68. The van der Waals surface area contributed by atoms with Crippen LogP contribution >= 0.6 is 0 Å². The van der Waals surface area contributed by atoms with E-state index in [0.717, 1.165) is 0 Å². The molecule has 0 amide bonds. The third-order valence-corrected chi connectivity index (χ3v) is 1.42. The first-order valence-electron chi connectivity index (χ1n) is 4.32. The summed E-state index contributed by atoms with van der Waals surface area (Å²) in [6.45, 7) is 2.02. The summed E-state index contributed by atoms with van der Waals surface area (Å²) in [6.07, 6.45) is 0. The van der Waals surface area contributed by atoms with E-state index < -0.39 is 5.97 Å². The molecule has 15 heavy (non-hydrogen) atoms. The van der Waals surface area contributed by atoms with E-state index in [1.54, 1.807) is 19.1 Å². The van der Waals surface area contributed by atoms with Gasteiger partial charge in [-0.25, -0.2) is 4.79 Å². The van der Waals surface area contributed by atoms with E-state index in [0.29, 0.717) is 18.2 Å². The highest BCUT2D eigenvalue weighted by molar-refractivity contribution is 5.88. The standard InChI is InChI=1S/C10H10N2O3/c1-3-15-10(13)7-5-8-4-6-9(14-2)12-11-8/h4,6H,3H2,1-2H3. The average molecular weight is 206 g/mol. The van der Waals surface area contributed by atoms with Gasteiger partial charge in [0, 0.05) is 12.0 Å². The summed E-state index contributed by atoms with van der Waals surface area (Å²) in [7, 11) is 1.49. The lowest BCUT2D eigenvalue weighted by Crippen LogP contribution is -2.00. The molecule has 1 rings (SSSR count). The molecule has 78 valence electrons. The zero-order valence-electron chi connectivity index (χ0n) is 8.48. The van der Waals surface area contributed by atoms with Gasteiger partial charge in [0.15, 0.2) is 0 Å². The summed E-state index contributed by atoms with van der Waals surface area (Å²) in [4.78, 5) is 10.9. The molecule has 0 aliphatic carbocycles. The maximum absolute atomic E-state index is 10.9. The third kappa shape index (κ3) is 3.65. The predicted octanol–water partition coefficient (Wildman–Crippen LogP) is 0.400. The van der Waals surface area contributed by atoms with Crippen LogP contribution < -0.4 is 4.74 Å². The Kier molecular flexibility index (Phi) is 4.10. The first-order chi connectivity index (χ1) is 7.26. The summed E-state index contributed by atoms with van der Waals surface area (Å²) in [5.41, 5.74) is 0.392. The van der Waals surface area contributed by atoms with Crippen LogP contribution in [0.5, 0.6) is 5.88 Å². The fraction of sp³-hybridized carbons (Fsp3) is 0.300. The first-order valence-corrected chi connectivity index (χ1v) is 4.32. The van der Waals surface area contributed by atoms with Crippen molar-refractivity contribution in [2.75, 3.05) is 13.7 Å². The molecule has 0 atom stereocenters. The molecule has 1 aromatic heterocycles. The Morgan fingerprint density at radius 2 is 2.27 bits per heavy atom. The molecule has 1 aromatic rings. The van der Waals surface area contributed by atoms with E-state index in [4.69, 9.17) is 4.74 Å². The monoisotopic (exact) mass is 206 g/mol. The minimum Gasteiger partial charge on any atom is -0.480 e. The topological polar surface area (TPSA) is 61.3 Å². The van der Waals surface area contributed by atoms with Gasteiger partial charge >= 0.3 is 5.97 Å². The summed E-state index contributed by atoms with van der Waals surface area (Å²) < 4.78 is 9.44. The number of hydrogen-bond donors (Lipinski definition) is 0. The molecule has 5 heteroatoms. The number of nitrogens with zero attached hydrogens (tertiary/aromatic N) is 2. The van der Waals surface area contributed by atoms with Crippen LogP contribution in [0.25, 0.3) is 0 Å². The largest absolute Gasteiger partial charge is 0.480 e. The third-order valence-electron chi connectivity index (χ3n) is 1.42. The molecule has 0 fully saturated rings. The molecule has 0 unspecified atom stereocenters. The smallest absolute Gasteiger partial charge is 0.384 e. The highest BCUT2D eigenvalue weighted by atomic mass is 16.5. The number of esters is 1. The van der Waals surface area contributed by atoms with Crippen molar-refractivity contribution in [3.63, 3.8) is 0 Å². The fourth-order valence-corrected chi connectivity index (χ4v) is 0.778. The van der Waals surface area contributed by atoms with Gasteiger partial charge < -0.3 is 9.47 Å². The summed E-state index contributed by atoms with van der Waals surface area (Å²) in [6, 6.07) is 3.22. The van der Waals surface area contributed by atoms with E-state index in [2.05, 4.69) is 26.8 Å². The SMILES string of the molecule is CCOC(=O)C#Cc1ccc(OC)nn1. The van der Waals surface area contributed by atoms with Crippen LogP contribution in [0.2, 0.25) is 0 Å². The van der Waals surface area contributed by atoms with Gasteiger partial charge in [-0.1, -0.05) is 0 Å². The molecule has 0 aliphatic heterocycles. The highest BCUT2D eigenvalue weighted by Gasteiger charge is 1.95. The van der Waals surface area contributed by atoms with E-state index in [1.165, 1.54) is 7.11 Å². The maximum atomic E-state index is 10.9. The number of methoxy groups -OCH3 is 1. The van der Waals surface area contributed by atoms with Crippen LogP contribution in [0.1, 0.15) is 12.6 Å². The van der Waals surface area contributed by atoms with Crippen LogP contribution in [0.15, 0.2) is 12.1 Å². The van der Waals surface area contributed by atoms with Crippen molar-refractivity contribution in [2.45, 2.75) is 6.92 Å². The molecule has 0 aromatic carbocycles. The Bertz CT molecular complexity index is 389. The molecular formula is C10H10N2O3. The highest BCUT2D eigenvalue weighted by Crippen LogP contribution is 2.01. The molecule has 0 aliphatic rings. The van der Waals surface area contributed by atoms with Gasteiger partial charge in [0.1, 0.15) is 5.69 Å². The zero-order valence-corrected chi connectivity index (χ0v) is 8.48. The molecule has 0 spiro atoms. The molecule has 0 radical (unpaired) electrons. The van der Waals surface area contributed by atoms with Crippen molar-refractivity contribution in [2.24, 2.45) is 0 Å². The summed E-state index contributed by atoms with van der Waals surface area (Å²) in [5.74, 6) is 4.64. The molecular weight excluding hydrogens is 196 g/mol. The van der Waals surface area contributed by atoms with E-state index in [9.17, 15) is 4.79 Å². The average Bonchev–Trinajstić information content (AvgIpc) is 2.27. The predicted molar refractivity (Wildman–Crippen MR) is 52.1 cm³/mol. The van der Waals surface area contributed by atoms with Crippen LogP contribution in [0.4, 0.5) is 0 Å². The molecule has 0 saturated carbocycles. The van der Waals surface area contributed by atoms with Gasteiger partial charge in [-0.3, -0.25) is 0 Å². The first kappa shape index (κ1) is 11.0. The lowest BCUT2D eigenvalue weighted by molar-refractivity contribution is -0.136. The number of carbonyl (C=O) groups excluding carboxylic acids is 1. The van der Waals surface area contributed by atoms with Crippen molar-refractivity contribution in [3.8, 4) is 17.7 Å². The van der Waals surface area contributed by atoms with Crippen LogP contribution in [0, 0.1) is 11.8 Å². The van der Waals surface area contributed by atoms with Crippen molar-refractivity contribution >= 4 is 5.97 Å².